The van der Waals surface area contributed by atoms with Crippen molar-refractivity contribution in [3.05, 3.63) is 0 Å². The van der Waals surface area contributed by atoms with E-state index in [1.54, 1.807) is 0 Å². The van der Waals surface area contributed by atoms with Crippen LogP contribution in [0.3, 0.4) is 0 Å². The van der Waals surface area contributed by atoms with Gasteiger partial charge in [-0.15, -0.1) is 0 Å². The van der Waals surface area contributed by atoms with Crippen LogP contribution in [0.1, 0.15) is 33.1 Å². The minimum absolute atomic E-state index is 0.00612. The van der Waals surface area contributed by atoms with Gasteiger partial charge in [0.05, 0.1) is 19.1 Å². The molecule has 0 spiro atoms. The molecule has 0 aromatic rings. The molecule has 2 heterocycles. The van der Waals surface area contributed by atoms with Crippen molar-refractivity contribution in [2.75, 3.05) is 19.8 Å². The first-order valence-electron chi connectivity index (χ1n) is 6.80. The number of amides is 2. The van der Waals surface area contributed by atoms with E-state index in [1.165, 1.54) is 4.90 Å². The van der Waals surface area contributed by atoms with Crippen LogP contribution in [0, 0.1) is 5.92 Å². The predicted octanol–water partition coefficient (Wildman–Crippen LogP) is 0.539. The van der Waals surface area contributed by atoms with Crippen molar-refractivity contribution in [1.29, 1.82) is 0 Å². The summed E-state index contributed by atoms with van der Waals surface area (Å²) in [4.78, 5) is 25.4. The van der Waals surface area contributed by atoms with Crippen LogP contribution in [-0.4, -0.2) is 48.6 Å². The molecule has 2 amide bonds. The second-order valence-electron chi connectivity index (χ2n) is 5.25. The number of nitrogens with one attached hydrogen (secondary N) is 1. The molecule has 2 rings (SSSR count). The molecule has 0 saturated carbocycles. The van der Waals surface area contributed by atoms with E-state index in [2.05, 4.69) is 5.32 Å². The number of imide groups is 1. The highest BCUT2D eigenvalue weighted by molar-refractivity contribution is 6.05. The highest BCUT2D eigenvalue weighted by atomic mass is 16.5. The van der Waals surface area contributed by atoms with Gasteiger partial charge in [0.1, 0.15) is 0 Å². The zero-order valence-electron chi connectivity index (χ0n) is 11.1. The Morgan fingerprint density at radius 1 is 1.50 bits per heavy atom. The van der Waals surface area contributed by atoms with Crippen molar-refractivity contribution in [2.24, 2.45) is 5.92 Å². The van der Waals surface area contributed by atoms with Gasteiger partial charge in [0.25, 0.3) is 0 Å². The van der Waals surface area contributed by atoms with Gasteiger partial charge in [-0.3, -0.25) is 14.5 Å². The lowest BCUT2D eigenvalue weighted by molar-refractivity contribution is -0.141. The summed E-state index contributed by atoms with van der Waals surface area (Å²) in [5, 5.41) is 3.22. The van der Waals surface area contributed by atoms with Crippen LogP contribution in [0.25, 0.3) is 0 Å². The van der Waals surface area contributed by atoms with E-state index in [0.717, 1.165) is 32.6 Å². The largest absolute Gasteiger partial charge is 0.381 e. The van der Waals surface area contributed by atoms with E-state index in [4.69, 9.17) is 4.74 Å². The topological polar surface area (TPSA) is 58.6 Å². The average molecular weight is 254 g/mol. The molecule has 1 N–H and O–H groups in total. The first-order chi connectivity index (χ1) is 8.63. The highest BCUT2D eigenvalue weighted by Gasteiger charge is 2.40. The maximum absolute atomic E-state index is 12.1. The highest BCUT2D eigenvalue weighted by Crippen LogP contribution is 2.19. The molecule has 2 saturated heterocycles. The van der Waals surface area contributed by atoms with Gasteiger partial charge in [-0.1, -0.05) is 6.92 Å². The van der Waals surface area contributed by atoms with Gasteiger partial charge in [-0.25, -0.2) is 0 Å². The normalized spacial score (nSPS) is 30.2. The zero-order chi connectivity index (χ0) is 13.1. The monoisotopic (exact) mass is 254 g/mol. The van der Waals surface area contributed by atoms with E-state index < -0.39 is 0 Å². The van der Waals surface area contributed by atoms with Crippen LogP contribution in [0.2, 0.25) is 0 Å². The van der Waals surface area contributed by atoms with Gasteiger partial charge in [-0.2, -0.15) is 0 Å². The third kappa shape index (κ3) is 2.72. The summed E-state index contributed by atoms with van der Waals surface area (Å²) in [6, 6.07) is -0.321. The number of rotatable bonds is 5. The lowest BCUT2D eigenvalue weighted by atomic mass is 10.1. The maximum Gasteiger partial charge on any atom is 0.247 e. The second kappa shape index (κ2) is 5.80. The fourth-order valence-electron chi connectivity index (χ4n) is 2.51. The molecule has 5 heteroatoms. The fraction of sp³-hybridized carbons (Fsp3) is 0.846. The van der Waals surface area contributed by atoms with Crippen LogP contribution >= 0.6 is 0 Å². The fourth-order valence-corrected chi connectivity index (χ4v) is 2.51. The van der Waals surface area contributed by atoms with E-state index in [1.807, 2.05) is 13.8 Å². The van der Waals surface area contributed by atoms with Gasteiger partial charge in [0.15, 0.2) is 0 Å². The van der Waals surface area contributed by atoms with Crippen molar-refractivity contribution >= 4 is 11.8 Å². The van der Waals surface area contributed by atoms with Crippen molar-refractivity contribution in [3.8, 4) is 0 Å². The minimum Gasteiger partial charge on any atom is -0.381 e. The Kier molecular flexibility index (Phi) is 4.35. The van der Waals surface area contributed by atoms with Crippen LogP contribution < -0.4 is 5.32 Å². The summed E-state index contributed by atoms with van der Waals surface area (Å²) in [6.07, 6.45) is 2.15. The molecule has 2 aliphatic rings. The van der Waals surface area contributed by atoms with Crippen molar-refractivity contribution in [3.63, 3.8) is 0 Å². The van der Waals surface area contributed by atoms with Crippen molar-refractivity contribution in [1.82, 2.24) is 10.2 Å². The van der Waals surface area contributed by atoms with Crippen LogP contribution in [0.15, 0.2) is 0 Å². The molecule has 0 radical (unpaired) electrons. The van der Waals surface area contributed by atoms with E-state index in [-0.39, 0.29) is 23.9 Å². The Morgan fingerprint density at radius 2 is 2.28 bits per heavy atom. The molecule has 0 aromatic carbocycles. The molecule has 2 aliphatic heterocycles. The molecular weight excluding hydrogens is 232 g/mol. The maximum atomic E-state index is 12.1. The number of ether oxygens (including phenoxy) is 1. The summed E-state index contributed by atoms with van der Waals surface area (Å²) >= 11 is 0. The number of likely N-dealkylation sites (tertiary alicyclic amines) is 1. The molecular formula is C13H22N2O3. The number of carbonyl (C=O) groups excluding carboxylic acids is 2. The van der Waals surface area contributed by atoms with Gasteiger partial charge in [0.2, 0.25) is 11.8 Å². The standard InChI is InChI=1S/C13H22N2O3/c1-3-9(2)15-12(16)6-11(13(15)17)14-7-10-4-5-18-8-10/h9-11,14H,3-8H2,1-2H3. The van der Waals surface area contributed by atoms with E-state index in [0.29, 0.717) is 12.3 Å². The first-order valence-corrected chi connectivity index (χ1v) is 6.80. The molecule has 0 aromatic heterocycles. The number of hydrogen-bond acceptors (Lipinski definition) is 4. The molecule has 18 heavy (non-hydrogen) atoms. The quantitative estimate of drug-likeness (QED) is 0.727. The molecule has 3 unspecified atom stereocenters. The Bertz CT molecular complexity index is 326. The Morgan fingerprint density at radius 3 is 2.89 bits per heavy atom. The van der Waals surface area contributed by atoms with Crippen molar-refractivity contribution in [2.45, 2.75) is 45.2 Å². The predicted molar refractivity (Wildman–Crippen MR) is 66.9 cm³/mol. The van der Waals surface area contributed by atoms with Crippen LogP contribution in [0.4, 0.5) is 0 Å². The zero-order valence-corrected chi connectivity index (χ0v) is 11.1. The SMILES string of the molecule is CCC(C)N1C(=O)CC(NCC2CCOC2)C1=O. The first kappa shape index (κ1) is 13.5. The summed E-state index contributed by atoms with van der Waals surface area (Å²) in [5.74, 6) is 0.369. The lowest BCUT2D eigenvalue weighted by Crippen LogP contribution is -2.43. The average Bonchev–Trinajstić information content (AvgIpc) is 2.95. The molecule has 5 nitrogen and oxygen atoms in total. The van der Waals surface area contributed by atoms with Crippen LogP contribution in [0.5, 0.6) is 0 Å². The Balaban J connectivity index is 1.87. The van der Waals surface area contributed by atoms with E-state index in [9.17, 15) is 9.59 Å². The van der Waals surface area contributed by atoms with Crippen LogP contribution in [-0.2, 0) is 14.3 Å². The molecule has 0 bridgehead atoms. The molecule has 2 fully saturated rings. The van der Waals surface area contributed by atoms with Crippen molar-refractivity contribution < 1.29 is 14.3 Å². The Hall–Kier alpha value is -0.940. The summed E-state index contributed by atoms with van der Waals surface area (Å²) in [7, 11) is 0. The molecule has 3 atom stereocenters. The molecule has 102 valence electrons. The minimum atomic E-state index is -0.327. The lowest BCUT2D eigenvalue weighted by Gasteiger charge is -2.22. The van der Waals surface area contributed by atoms with Gasteiger partial charge in [-0.05, 0) is 25.7 Å². The Labute approximate surface area is 108 Å². The van der Waals surface area contributed by atoms with E-state index >= 15 is 0 Å². The smallest absolute Gasteiger partial charge is 0.247 e. The number of hydrogen-bond donors (Lipinski definition) is 1. The summed E-state index contributed by atoms with van der Waals surface area (Å²) < 4.78 is 5.29. The third-order valence-corrected chi connectivity index (χ3v) is 3.89. The van der Waals surface area contributed by atoms with Gasteiger partial charge in [0, 0.05) is 19.2 Å². The van der Waals surface area contributed by atoms with Gasteiger partial charge >= 0.3 is 0 Å². The summed E-state index contributed by atoms with van der Waals surface area (Å²) in [6.45, 7) is 6.24. The molecule has 0 aliphatic carbocycles. The number of nitrogens with zero attached hydrogens (tertiary/aromatic N) is 1. The second-order valence-corrected chi connectivity index (χ2v) is 5.25. The third-order valence-electron chi connectivity index (χ3n) is 3.89. The summed E-state index contributed by atoms with van der Waals surface area (Å²) in [5.41, 5.74) is 0. The number of carbonyl (C=O) groups is 2. The van der Waals surface area contributed by atoms with Gasteiger partial charge < -0.3 is 10.1 Å².